The van der Waals surface area contributed by atoms with Gasteiger partial charge in [0.2, 0.25) is 0 Å². The number of allylic oxidation sites excluding steroid dienone is 1. The molecule has 0 aliphatic heterocycles. The van der Waals surface area contributed by atoms with Crippen LogP contribution in [0, 0.1) is 5.41 Å². The molecule has 1 aromatic heterocycles. The van der Waals surface area contributed by atoms with Gasteiger partial charge >= 0.3 is 0 Å². The summed E-state index contributed by atoms with van der Waals surface area (Å²) in [4.78, 5) is 9.42. The van der Waals surface area contributed by atoms with Gasteiger partial charge in [0.1, 0.15) is 0 Å². The van der Waals surface area contributed by atoms with Gasteiger partial charge in [0.05, 0.1) is 11.2 Å². The fourth-order valence-corrected chi connectivity index (χ4v) is 3.73. The number of fused-ring (bicyclic) bond motifs is 3. The van der Waals surface area contributed by atoms with Crippen LogP contribution in [0.15, 0.2) is 35.6 Å². The van der Waals surface area contributed by atoms with E-state index in [1.54, 1.807) is 12.4 Å². The molecule has 0 radical (unpaired) electrons. The highest BCUT2D eigenvalue weighted by Gasteiger charge is 2.22. The van der Waals surface area contributed by atoms with Crippen molar-refractivity contribution >= 4 is 34.6 Å². The highest BCUT2D eigenvalue weighted by Crippen LogP contribution is 2.35. The predicted molar refractivity (Wildman–Crippen MR) is 119 cm³/mol. The standard InChI is InChI=1S/C22H28N6/c1-14(26-2)9-10-27-13-15(11-23)22-17-6-4-3-5-16(17)21-18(12-24)19(25)7-8-20(21)28-22/h7-8,11-13,24,26H,1,3-6,9-10,23,25H2,2H3/b15-11+,24-12?,27-13?. The molecule has 0 saturated heterocycles. The number of aryl methyl sites for hydroxylation is 1. The summed E-state index contributed by atoms with van der Waals surface area (Å²) in [5.74, 6) is 0. The molecule has 28 heavy (non-hydrogen) atoms. The number of nitrogens with two attached hydrogens (primary N) is 2. The Kier molecular flexibility index (Phi) is 6.09. The third-order valence-corrected chi connectivity index (χ3v) is 5.27. The van der Waals surface area contributed by atoms with Crippen LogP contribution in [0.25, 0.3) is 16.5 Å². The lowest BCUT2D eigenvalue weighted by Crippen LogP contribution is -2.12. The van der Waals surface area contributed by atoms with Gasteiger partial charge in [-0.05, 0) is 48.9 Å². The molecule has 0 atom stereocenters. The highest BCUT2D eigenvalue weighted by atomic mass is 14.8. The molecule has 2 aromatic rings. The van der Waals surface area contributed by atoms with Gasteiger partial charge in [-0.3, -0.25) is 4.99 Å². The van der Waals surface area contributed by atoms with E-state index in [0.29, 0.717) is 12.2 Å². The van der Waals surface area contributed by atoms with Crippen LogP contribution in [-0.4, -0.2) is 31.0 Å². The van der Waals surface area contributed by atoms with Crippen molar-refractivity contribution in [1.29, 1.82) is 5.41 Å². The monoisotopic (exact) mass is 376 g/mol. The molecule has 1 heterocycles. The van der Waals surface area contributed by atoms with Gasteiger partial charge < -0.3 is 22.2 Å². The van der Waals surface area contributed by atoms with Crippen LogP contribution in [-0.2, 0) is 12.8 Å². The van der Waals surface area contributed by atoms with E-state index < -0.39 is 0 Å². The Morgan fingerprint density at radius 3 is 2.75 bits per heavy atom. The Hall–Kier alpha value is -3.15. The molecule has 0 bridgehead atoms. The molecule has 0 spiro atoms. The van der Waals surface area contributed by atoms with Crippen molar-refractivity contribution in [3.63, 3.8) is 0 Å². The number of pyridine rings is 1. The maximum atomic E-state index is 7.82. The predicted octanol–water partition coefficient (Wildman–Crippen LogP) is 3.19. The number of hydrogen-bond donors (Lipinski definition) is 4. The Morgan fingerprint density at radius 1 is 1.32 bits per heavy atom. The summed E-state index contributed by atoms with van der Waals surface area (Å²) in [6.07, 6.45) is 9.64. The number of nitrogen functional groups attached to an aromatic ring is 1. The molecule has 0 saturated carbocycles. The smallest absolute Gasteiger partial charge is 0.0774 e. The number of nitrogens with zero attached hydrogens (tertiary/aromatic N) is 2. The topological polar surface area (TPSA) is 113 Å². The molecule has 0 amide bonds. The van der Waals surface area contributed by atoms with Crippen LogP contribution in [0.5, 0.6) is 0 Å². The summed E-state index contributed by atoms with van der Waals surface area (Å²) in [6.45, 7) is 4.56. The molecule has 6 nitrogen and oxygen atoms in total. The van der Waals surface area contributed by atoms with Crippen molar-refractivity contribution < 1.29 is 0 Å². The zero-order valence-corrected chi connectivity index (χ0v) is 16.4. The van der Waals surface area contributed by atoms with Gasteiger partial charge in [0, 0.05) is 66.5 Å². The fraction of sp³-hybridized carbons (Fsp3) is 0.318. The maximum absolute atomic E-state index is 7.82. The second-order valence-electron chi connectivity index (χ2n) is 6.99. The van der Waals surface area contributed by atoms with Gasteiger partial charge in [-0.15, -0.1) is 0 Å². The van der Waals surface area contributed by atoms with E-state index in [2.05, 4.69) is 16.9 Å². The zero-order valence-electron chi connectivity index (χ0n) is 16.4. The first-order valence-electron chi connectivity index (χ1n) is 9.62. The Balaban J connectivity index is 2.08. The summed E-state index contributed by atoms with van der Waals surface area (Å²) < 4.78 is 0. The van der Waals surface area contributed by atoms with E-state index in [9.17, 15) is 0 Å². The Morgan fingerprint density at radius 2 is 2.07 bits per heavy atom. The van der Waals surface area contributed by atoms with Crippen molar-refractivity contribution in [3.05, 3.63) is 53.0 Å². The summed E-state index contributed by atoms with van der Waals surface area (Å²) in [7, 11) is 1.86. The van der Waals surface area contributed by atoms with Crippen molar-refractivity contribution in [3.8, 4) is 0 Å². The Labute approximate surface area is 166 Å². The molecule has 1 aromatic carbocycles. The van der Waals surface area contributed by atoms with Crippen molar-refractivity contribution in [1.82, 2.24) is 10.3 Å². The van der Waals surface area contributed by atoms with Gasteiger partial charge in [-0.2, -0.15) is 0 Å². The lowest BCUT2D eigenvalue weighted by Gasteiger charge is -2.22. The van der Waals surface area contributed by atoms with Gasteiger partial charge in [-0.25, -0.2) is 4.98 Å². The van der Waals surface area contributed by atoms with E-state index in [4.69, 9.17) is 21.9 Å². The first-order chi connectivity index (χ1) is 13.6. The first-order valence-corrected chi connectivity index (χ1v) is 9.62. The quantitative estimate of drug-likeness (QED) is 0.439. The summed E-state index contributed by atoms with van der Waals surface area (Å²) >= 11 is 0. The second kappa shape index (κ2) is 8.69. The second-order valence-corrected chi connectivity index (χ2v) is 6.99. The molecule has 6 N–H and O–H groups in total. The van der Waals surface area contributed by atoms with E-state index in [0.717, 1.165) is 65.5 Å². The molecule has 0 fully saturated rings. The third kappa shape index (κ3) is 3.76. The average molecular weight is 377 g/mol. The lowest BCUT2D eigenvalue weighted by atomic mass is 9.85. The average Bonchev–Trinajstić information content (AvgIpc) is 2.73. The van der Waals surface area contributed by atoms with E-state index in [1.807, 2.05) is 19.2 Å². The maximum Gasteiger partial charge on any atom is 0.0774 e. The zero-order chi connectivity index (χ0) is 20.1. The van der Waals surface area contributed by atoms with Crippen LogP contribution >= 0.6 is 0 Å². The summed E-state index contributed by atoms with van der Waals surface area (Å²) in [5.41, 5.74) is 19.4. The number of benzene rings is 1. The molecular weight excluding hydrogens is 348 g/mol. The largest absolute Gasteiger partial charge is 0.404 e. The number of anilines is 1. The third-order valence-electron chi connectivity index (χ3n) is 5.27. The molecule has 0 unspecified atom stereocenters. The molecule has 3 rings (SSSR count). The minimum atomic E-state index is 0.616. The molecule has 1 aliphatic carbocycles. The fourth-order valence-electron chi connectivity index (χ4n) is 3.73. The van der Waals surface area contributed by atoms with E-state index in [-0.39, 0.29) is 0 Å². The van der Waals surface area contributed by atoms with Gasteiger partial charge in [0.25, 0.3) is 0 Å². The molecular formula is C22H28N6. The highest BCUT2D eigenvalue weighted by molar-refractivity contribution is 6.11. The van der Waals surface area contributed by atoms with E-state index >= 15 is 0 Å². The number of rotatable bonds is 7. The van der Waals surface area contributed by atoms with Crippen LogP contribution in [0.4, 0.5) is 5.69 Å². The van der Waals surface area contributed by atoms with Crippen molar-refractivity contribution in [2.75, 3.05) is 19.3 Å². The van der Waals surface area contributed by atoms with Crippen molar-refractivity contribution in [2.24, 2.45) is 10.7 Å². The summed E-state index contributed by atoms with van der Waals surface area (Å²) in [6, 6.07) is 3.75. The Bertz CT molecular complexity index is 971. The molecule has 146 valence electrons. The molecule has 1 aliphatic rings. The number of hydrogen-bond acceptors (Lipinski definition) is 6. The first kappa shape index (κ1) is 19.6. The SMILES string of the molecule is C=C(CCN=C/C(=C\N)c1nc2ccc(N)c(C=N)c2c2c1CCCC2)NC. The minimum absolute atomic E-state index is 0.616. The minimum Gasteiger partial charge on any atom is -0.404 e. The summed E-state index contributed by atoms with van der Waals surface area (Å²) in [5, 5.41) is 11.9. The van der Waals surface area contributed by atoms with Crippen LogP contribution in [0.2, 0.25) is 0 Å². The normalized spacial score (nSPS) is 14.2. The van der Waals surface area contributed by atoms with Crippen LogP contribution in [0.3, 0.4) is 0 Å². The van der Waals surface area contributed by atoms with Crippen LogP contribution < -0.4 is 16.8 Å². The van der Waals surface area contributed by atoms with Crippen molar-refractivity contribution in [2.45, 2.75) is 32.1 Å². The number of nitrogens with one attached hydrogen (secondary N) is 2. The van der Waals surface area contributed by atoms with E-state index in [1.165, 1.54) is 17.3 Å². The van der Waals surface area contributed by atoms with Gasteiger partial charge in [0.15, 0.2) is 0 Å². The number of aliphatic imine (C=N–C) groups is 1. The number of aromatic nitrogens is 1. The lowest BCUT2D eigenvalue weighted by molar-refractivity contribution is 0.686. The van der Waals surface area contributed by atoms with Gasteiger partial charge in [-0.1, -0.05) is 6.58 Å². The molecule has 6 heteroatoms. The van der Waals surface area contributed by atoms with Crippen LogP contribution in [0.1, 0.15) is 41.6 Å².